The molecule has 0 bridgehead atoms. The number of benzene rings is 2. The van der Waals surface area contributed by atoms with E-state index in [0.717, 1.165) is 11.1 Å². The van der Waals surface area contributed by atoms with Crippen LogP contribution in [-0.2, 0) is 13.0 Å². The van der Waals surface area contributed by atoms with Crippen molar-refractivity contribution in [3.63, 3.8) is 0 Å². The standard InChI is InChI=1S/C25H28N2O7/c1-14(28)24-22(23(26-34-24)16-6-7-18(30-2)19(11-16)31-3)25(29)27-9-8-15-10-20(32-4)21(33-5)12-17(15)13-27/h6-7,10-12,14,28H,8-9,13H2,1-5H3. The van der Waals surface area contributed by atoms with Crippen LogP contribution < -0.4 is 18.9 Å². The lowest BCUT2D eigenvalue weighted by molar-refractivity contribution is 0.0723. The van der Waals surface area contributed by atoms with Crippen LogP contribution in [0.25, 0.3) is 11.3 Å². The van der Waals surface area contributed by atoms with Gasteiger partial charge in [-0.2, -0.15) is 0 Å². The third-order valence-corrected chi connectivity index (χ3v) is 5.97. The molecule has 2 heterocycles. The summed E-state index contributed by atoms with van der Waals surface area (Å²) >= 11 is 0. The number of carbonyl (C=O) groups excluding carboxylic acids is 1. The molecule has 2 aromatic carbocycles. The van der Waals surface area contributed by atoms with Crippen molar-refractivity contribution in [3.8, 4) is 34.3 Å². The van der Waals surface area contributed by atoms with Crippen molar-refractivity contribution in [1.29, 1.82) is 0 Å². The van der Waals surface area contributed by atoms with Crippen molar-refractivity contribution in [1.82, 2.24) is 10.1 Å². The van der Waals surface area contributed by atoms with E-state index in [1.165, 1.54) is 7.11 Å². The number of methoxy groups -OCH3 is 4. The molecule has 0 radical (unpaired) electrons. The van der Waals surface area contributed by atoms with Crippen molar-refractivity contribution < 1.29 is 33.4 Å². The number of amides is 1. The zero-order valence-corrected chi connectivity index (χ0v) is 19.9. The van der Waals surface area contributed by atoms with Gasteiger partial charge in [0.15, 0.2) is 28.8 Å². The van der Waals surface area contributed by atoms with Gasteiger partial charge in [-0.3, -0.25) is 4.79 Å². The topological polar surface area (TPSA) is 103 Å². The number of aromatic nitrogens is 1. The quantitative estimate of drug-likeness (QED) is 0.561. The van der Waals surface area contributed by atoms with Gasteiger partial charge in [-0.15, -0.1) is 0 Å². The van der Waals surface area contributed by atoms with Crippen molar-refractivity contribution in [3.05, 3.63) is 52.8 Å². The molecule has 34 heavy (non-hydrogen) atoms. The molecule has 0 fully saturated rings. The molecule has 1 aromatic heterocycles. The Morgan fingerprint density at radius 3 is 2.21 bits per heavy atom. The van der Waals surface area contributed by atoms with Gasteiger partial charge in [0.05, 0.1) is 28.4 Å². The highest BCUT2D eigenvalue weighted by Gasteiger charge is 2.32. The van der Waals surface area contributed by atoms with E-state index in [-0.39, 0.29) is 17.2 Å². The first kappa shape index (κ1) is 23.4. The van der Waals surface area contributed by atoms with E-state index in [2.05, 4.69) is 5.16 Å². The lowest BCUT2D eigenvalue weighted by atomic mass is 9.97. The Hall–Kier alpha value is -3.72. The predicted octanol–water partition coefficient (Wildman–Crippen LogP) is 3.63. The summed E-state index contributed by atoms with van der Waals surface area (Å²) in [6, 6.07) is 9.07. The molecule has 4 rings (SSSR count). The smallest absolute Gasteiger partial charge is 0.260 e. The highest BCUT2D eigenvalue weighted by molar-refractivity contribution is 6.01. The Labute approximate surface area is 197 Å². The number of ether oxygens (including phenoxy) is 4. The zero-order valence-electron chi connectivity index (χ0n) is 19.9. The molecule has 9 heteroatoms. The summed E-state index contributed by atoms with van der Waals surface area (Å²) in [5, 5.41) is 14.4. The first-order valence-corrected chi connectivity index (χ1v) is 10.8. The van der Waals surface area contributed by atoms with Crippen LogP contribution in [0.2, 0.25) is 0 Å². The number of carbonyl (C=O) groups is 1. The number of hydrogen-bond donors (Lipinski definition) is 1. The molecule has 1 atom stereocenters. The Balaban J connectivity index is 1.72. The maximum atomic E-state index is 13.7. The summed E-state index contributed by atoms with van der Waals surface area (Å²) in [5.74, 6) is 2.15. The lowest BCUT2D eigenvalue weighted by Crippen LogP contribution is -2.36. The van der Waals surface area contributed by atoms with Crippen molar-refractivity contribution in [2.24, 2.45) is 0 Å². The van der Waals surface area contributed by atoms with E-state index in [4.69, 9.17) is 23.5 Å². The third-order valence-electron chi connectivity index (χ3n) is 5.97. The van der Waals surface area contributed by atoms with Crippen LogP contribution in [0.1, 0.15) is 40.3 Å². The van der Waals surface area contributed by atoms with Gasteiger partial charge in [0.2, 0.25) is 0 Å². The van der Waals surface area contributed by atoms with Gasteiger partial charge in [0.1, 0.15) is 17.4 Å². The monoisotopic (exact) mass is 468 g/mol. The molecule has 180 valence electrons. The predicted molar refractivity (Wildman–Crippen MR) is 124 cm³/mol. The second-order valence-electron chi connectivity index (χ2n) is 7.97. The van der Waals surface area contributed by atoms with Crippen molar-refractivity contribution in [2.45, 2.75) is 26.0 Å². The van der Waals surface area contributed by atoms with Gasteiger partial charge in [0, 0.05) is 18.7 Å². The second kappa shape index (κ2) is 9.64. The van der Waals surface area contributed by atoms with Crippen LogP contribution >= 0.6 is 0 Å². The maximum Gasteiger partial charge on any atom is 0.260 e. The highest BCUT2D eigenvalue weighted by atomic mass is 16.5. The largest absolute Gasteiger partial charge is 0.493 e. The highest BCUT2D eigenvalue weighted by Crippen LogP contribution is 2.37. The normalized spacial score (nSPS) is 13.8. The van der Waals surface area contributed by atoms with E-state index >= 15 is 0 Å². The van der Waals surface area contributed by atoms with Gasteiger partial charge in [-0.25, -0.2) is 0 Å². The van der Waals surface area contributed by atoms with Crippen LogP contribution in [0, 0.1) is 0 Å². The van der Waals surface area contributed by atoms with E-state index in [1.54, 1.807) is 51.4 Å². The number of aliphatic hydroxyl groups excluding tert-OH is 1. The minimum atomic E-state index is -1.01. The van der Waals surface area contributed by atoms with E-state index in [0.29, 0.717) is 53.8 Å². The summed E-state index contributed by atoms with van der Waals surface area (Å²) in [4.78, 5) is 15.5. The van der Waals surface area contributed by atoms with Crippen LogP contribution in [0.4, 0.5) is 0 Å². The molecule has 0 spiro atoms. The molecule has 1 unspecified atom stereocenters. The Kier molecular flexibility index (Phi) is 6.65. The Morgan fingerprint density at radius 2 is 1.59 bits per heavy atom. The van der Waals surface area contributed by atoms with Crippen LogP contribution in [0.3, 0.4) is 0 Å². The lowest BCUT2D eigenvalue weighted by Gasteiger charge is -2.30. The summed E-state index contributed by atoms with van der Waals surface area (Å²) in [6.45, 7) is 2.42. The van der Waals surface area contributed by atoms with Crippen molar-refractivity contribution >= 4 is 5.91 Å². The summed E-state index contributed by atoms with van der Waals surface area (Å²) in [5.41, 5.74) is 3.24. The molecule has 1 aliphatic rings. The second-order valence-corrected chi connectivity index (χ2v) is 7.97. The average molecular weight is 469 g/mol. The van der Waals surface area contributed by atoms with E-state index in [9.17, 15) is 9.90 Å². The molecule has 1 N–H and O–H groups in total. The fraction of sp³-hybridized carbons (Fsp3) is 0.360. The average Bonchev–Trinajstić information content (AvgIpc) is 3.32. The van der Waals surface area contributed by atoms with Gasteiger partial charge in [-0.1, -0.05) is 5.16 Å². The first-order chi connectivity index (χ1) is 16.4. The van der Waals surface area contributed by atoms with E-state index < -0.39 is 6.10 Å². The minimum absolute atomic E-state index is 0.118. The molecule has 9 nitrogen and oxygen atoms in total. The maximum absolute atomic E-state index is 13.7. The minimum Gasteiger partial charge on any atom is -0.493 e. The Morgan fingerprint density at radius 1 is 0.971 bits per heavy atom. The van der Waals surface area contributed by atoms with Gasteiger partial charge < -0.3 is 33.5 Å². The SMILES string of the molecule is COc1ccc(-c2noc(C(C)O)c2C(=O)N2CCc3cc(OC)c(OC)cc3C2)cc1OC. The van der Waals surface area contributed by atoms with Gasteiger partial charge >= 0.3 is 0 Å². The third kappa shape index (κ3) is 4.14. The number of rotatable bonds is 7. The fourth-order valence-corrected chi connectivity index (χ4v) is 4.19. The molecule has 0 aliphatic carbocycles. The fourth-order valence-electron chi connectivity index (χ4n) is 4.19. The summed E-state index contributed by atoms with van der Waals surface area (Å²) in [6.07, 6.45) is -0.357. The summed E-state index contributed by atoms with van der Waals surface area (Å²) in [7, 11) is 6.26. The Bertz CT molecular complexity index is 1200. The summed E-state index contributed by atoms with van der Waals surface area (Å²) < 4.78 is 27.0. The first-order valence-electron chi connectivity index (χ1n) is 10.8. The molecule has 0 saturated carbocycles. The molecule has 3 aromatic rings. The molecular weight excluding hydrogens is 440 g/mol. The van der Waals surface area contributed by atoms with Crippen molar-refractivity contribution in [2.75, 3.05) is 35.0 Å². The molecule has 1 aliphatic heterocycles. The number of fused-ring (bicyclic) bond motifs is 1. The van der Waals surface area contributed by atoms with E-state index in [1.807, 2.05) is 12.1 Å². The molecule has 1 amide bonds. The molecular formula is C25H28N2O7. The zero-order chi connectivity index (χ0) is 24.4. The van der Waals surface area contributed by atoms with Crippen LogP contribution in [-0.4, -0.2) is 56.1 Å². The van der Waals surface area contributed by atoms with Gasteiger partial charge in [-0.05, 0) is 54.8 Å². The van der Waals surface area contributed by atoms with Gasteiger partial charge in [0.25, 0.3) is 5.91 Å². The van der Waals surface area contributed by atoms with Crippen LogP contribution in [0.15, 0.2) is 34.9 Å². The number of hydrogen-bond acceptors (Lipinski definition) is 8. The van der Waals surface area contributed by atoms with Crippen LogP contribution in [0.5, 0.6) is 23.0 Å². The molecule has 0 saturated heterocycles. The number of nitrogens with zero attached hydrogens (tertiary/aromatic N) is 2. The number of aliphatic hydroxyl groups is 1.